The third-order valence-electron chi connectivity index (χ3n) is 11.5. The minimum Gasteiger partial charge on any atom is -0.424 e. The zero-order chi connectivity index (χ0) is 39.0. The predicted octanol–water partition coefficient (Wildman–Crippen LogP) is 8.42. The lowest BCUT2D eigenvalue weighted by atomic mass is 10.7. The summed E-state index contributed by atoms with van der Waals surface area (Å²) >= 11 is 0. The van der Waals surface area contributed by atoms with Crippen LogP contribution in [0, 0.1) is 0 Å². The van der Waals surface area contributed by atoms with Crippen molar-refractivity contribution in [1.29, 1.82) is 0 Å². The fourth-order valence-electron chi connectivity index (χ4n) is 10.7. The van der Waals surface area contributed by atoms with E-state index in [4.69, 9.17) is 35.4 Å². The molecule has 0 saturated carbocycles. The van der Waals surface area contributed by atoms with Gasteiger partial charge in [-0.1, -0.05) is 24.3 Å². The Morgan fingerprint density at radius 1 is 0.429 bits per heavy atom. The van der Waals surface area contributed by atoms with Crippen molar-refractivity contribution in [3.63, 3.8) is 0 Å². The molecule has 0 aliphatic heterocycles. The first kappa shape index (κ1) is 49.6. The van der Waals surface area contributed by atoms with Gasteiger partial charge < -0.3 is 35.4 Å². The van der Waals surface area contributed by atoms with E-state index in [1.165, 1.54) is 0 Å². The van der Waals surface area contributed by atoms with Crippen LogP contribution < -0.4 is 0 Å². The van der Waals surface area contributed by atoms with E-state index in [0.717, 1.165) is 5.67 Å². The molecule has 0 N–H and O–H groups in total. The largest absolute Gasteiger partial charge is 0.424 e. The molecule has 288 valence electrons. The molecular formula is C32H76O8Si9. The summed E-state index contributed by atoms with van der Waals surface area (Å²) in [6.45, 7) is 51.8. The van der Waals surface area contributed by atoms with Gasteiger partial charge in [0.15, 0.2) is 70.8 Å². The van der Waals surface area contributed by atoms with Gasteiger partial charge in [0.2, 0.25) is 0 Å². The van der Waals surface area contributed by atoms with Crippen LogP contribution in [-0.2, 0) is 35.4 Å². The molecule has 1 unspecified atom stereocenters. The molecule has 0 radical (unpaired) electrons. The zero-order valence-electron chi connectivity index (χ0n) is 34.9. The molecule has 1 atom stereocenters. The molecule has 0 aromatic rings. The second-order valence-electron chi connectivity index (χ2n) is 16.5. The first-order valence-electron chi connectivity index (χ1n) is 17.4. The maximum atomic E-state index is 7.93. The van der Waals surface area contributed by atoms with E-state index < -0.39 is 74.7 Å². The van der Waals surface area contributed by atoms with Gasteiger partial charge in [-0.15, -0.1) is 26.3 Å². The maximum Gasteiger partial charge on any atom is 0.192 e. The van der Waals surface area contributed by atoms with Crippen molar-refractivity contribution in [3.05, 3.63) is 50.6 Å². The van der Waals surface area contributed by atoms with Crippen molar-refractivity contribution in [2.75, 3.05) is 54.9 Å². The molecular weight excluding hydrogens is 765 g/mol. The van der Waals surface area contributed by atoms with Crippen LogP contribution in [0.1, 0.15) is 0 Å². The quantitative estimate of drug-likeness (QED) is 0.0636. The fourth-order valence-corrected chi connectivity index (χ4v) is 210. The van der Waals surface area contributed by atoms with Crippen molar-refractivity contribution in [2.24, 2.45) is 0 Å². The lowest BCUT2D eigenvalue weighted by Crippen LogP contribution is -3.03. The van der Waals surface area contributed by atoms with E-state index in [1.54, 1.807) is 0 Å². The number of hydrogen-bond donors (Lipinski definition) is 0. The minimum absolute atomic E-state index is 0.427. The molecule has 0 fully saturated rings. The molecule has 49 heavy (non-hydrogen) atoms. The van der Waals surface area contributed by atoms with Crippen LogP contribution in [-0.4, -0.2) is 126 Å². The molecule has 0 bridgehead atoms. The highest BCUT2D eigenvalue weighted by Gasteiger charge is 2.92. The van der Waals surface area contributed by atoms with E-state index in [2.05, 4.69) is 118 Å². The van der Waals surface area contributed by atoms with E-state index >= 15 is 0 Å². The van der Waals surface area contributed by atoms with Crippen LogP contribution in [0.3, 0.4) is 0 Å². The maximum absolute atomic E-state index is 7.93. The van der Waals surface area contributed by atoms with Gasteiger partial charge in [-0.05, 0) is 97.3 Å². The van der Waals surface area contributed by atoms with Crippen molar-refractivity contribution >= 4 is 70.8 Å². The van der Waals surface area contributed by atoms with E-state index in [1.807, 2.05) is 52.7 Å². The highest BCUT2D eigenvalue weighted by Crippen LogP contribution is 2.67. The number of rotatable bonds is 26. The summed E-state index contributed by atoms with van der Waals surface area (Å²) in [6, 6.07) is 0. The van der Waals surface area contributed by atoms with Gasteiger partial charge in [-0.25, -0.2) is 0 Å². The lowest BCUT2D eigenvalue weighted by Gasteiger charge is -2.74. The van der Waals surface area contributed by atoms with Crippen LogP contribution in [0.15, 0.2) is 50.6 Å². The van der Waals surface area contributed by atoms with Crippen LogP contribution in [0.2, 0.25) is 101 Å². The van der Waals surface area contributed by atoms with Gasteiger partial charge >= 0.3 is 0 Å². The Bertz CT molecular complexity index is 1010. The highest BCUT2D eigenvalue weighted by molar-refractivity contribution is 8.05. The Balaban J connectivity index is 10.1. The normalized spacial score (nSPS) is 15.9. The summed E-state index contributed by atoms with van der Waals surface area (Å²) in [5, 5.41) is 0. The van der Waals surface area contributed by atoms with Crippen LogP contribution in [0.5, 0.6) is 0 Å². The predicted molar refractivity (Wildman–Crippen MR) is 234 cm³/mol. The van der Waals surface area contributed by atoms with E-state index in [0.29, 0.717) is 26.4 Å². The molecule has 0 aliphatic rings. The van der Waals surface area contributed by atoms with E-state index in [9.17, 15) is 0 Å². The summed E-state index contributed by atoms with van der Waals surface area (Å²) in [6.07, 6.45) is 4.38. The molecule has 0 rings (SSSR count). The third-order valence-corrected chi connectivity index (χ3v) is 144. The summed E-state index contributed by atoms with van der Waals surface area (Å²) in [4.78, 5) is 0. The van der Waals surface area contributed by atoms with Gasteiger partial charge in [0.1, 0.15) is 0 Å². The Kier molecular flexibility index (Phi) is 18.5. The molecule has 0 amide bonds. The lowest BCUT2D eigenvalue weighted by molar-refractivity contribution is 0.293. The summed E-state index contributed by atoms with van der Waals surface area (Å²) < 4.78 is 57.5. The molecule has 17 heteroatoms. The molecule has 0 aromatic carbocycles. The van der Waals surface area contributed by atoms with Crippen LogP contribution >= 0.6 is 0 Å². The van der Waals surface area contributed by atoms with Crippen LogP contribution in [0.4, 0.5) is 0 Å². The first-order chi connectivity index (χ1) is 22.2. The molecule has 0 saturated heterocycles. The molecule has 0 heterocycles. The average Bonchev–Trinajstić information content (AvgIpc) is 3.00. The van der Waals surface area contributed by atoms with Crippen molar-refractivity contribution in [2.45, 2.75) is 101 Å². The Labute approximate surface area is 311 Å². The standard InChI is InChI=1S/C32H76O8Si9/c1-23-27-37-41(9,10)31-48(36-8,49(45(17,18)33-5,46(19,20)34-6)47(21,22)35-7)32(42(11,12)38-28-24-2,43(13,14)39-29-25-3)44(15,16)40-30-26-4/h23-26H,1-4,27-31H2,5-22H3. The SMILES string of the molecule is C=CCO[Si](C)(C)C[Si](OC)(C([Si](C)(C)OCC=C)([Si](C)(C)OCC=C)[Si](C)(C)OCC=C)[Si]([Si](C)(C)OC)([Si](C)(C)OC)[Si](C)(C)OC. The Hall–Kier alpha value is 0.592. The molecule has 0 aliphatic carbocycles. The molecule has 0 aromatic heterocycles. The van der Waals surface area contributed by atoms with E-state index in [-0.39, 0.29) is 0 Å². The first-order valence-corrected chi connectivity index (χ1v) is 46.1. The fraction of sp³-hybridized carbons (Fsp3) is 0.750. The highest BCUT2D eigenvalue weighted by atomic mass is 30.2. The number of hydrogen-bond acceptors (Lipinski definition) is 8. The van der Waals surface area contributed by atoms with Gasteiger partial charge in [-0.3, -0.25) is 0 Å². The van der Waals surface area contributed by atoms with Crippen LogP contribution in [0.25, 0.3) is 0 Å². The van der Waals surface area contributed by atoms with Gasteiger partial charge in [0.05, 0.1) is 26.4 Å². The average molecular weight is 842 g/mol. The minimum atomic E-state index is -3.48. The van der Waals surface area contributed by atoms with Gasteiger partial charge in [0.25, 0.3) is 0 Å². The Morgan fingerprint density at radius 2 is 0.694 bits per heavy atom. The zero-order valence-corrected chi connectivity index (χ0v) is 43.9. The summed E-state index contributed by atoms with van der Waals surface area (Å²) in [5.74, 6) is 0. The van der Waals surface area contributed by atoms with Crippen molar-refractivity contribution in [1.82, 2.24) is 0 Å². The topological polar surface area (TPSA) is 73.8 Å². The van der Waals surface area contributed by atoms with Gasteiger partial charge in [-0.2, -0.15) is 0 Å². The van der Waals surface area contributed by atoms with Crippen molar-refractivity contribution in [3.8, 4) is 0 Å². The van der Waals surface area contributed by atoms with Crippen molar-refractivity contribution < 1.29 is 35.4 Å². The summed E-state index contributed by atoms with van der Waals surface area (Å²) in [5.41, 5.74) is 0.811. The molecule has 0 spiro atoms. The second-order valence-corrected chi connectivity index (χ2v) is 82.8. The smallest absolute Gasteiger partial charge is 0.192 e. The summed E-state index contributed by atoms with van der Waals surface area (Å²) in [7, 11) is -15.6. The Morgan fingerprint density at radius 3 is 0.918 bits per heavy atom. The monoisotopic (exact) mass is 840 g/mol. The third kappa shape index (κ3) is 8.62. The molecule has 8 nitrogen and oxygen atoms in total. The van der Waals surface area contributed by atoms with Gasteiger partial charge in [0, 0.05) is 32.3 Å². The second kappa shape index (κ2) is 18.3.